The van der Waals surface area contributed by atoms with Gasteiger partial charge in [0, 0.05) is 30.7 Å². The summed E-state index contributed by atoms with van der Waals surface area (Å²) in [5.41, 5.74) is 6.79. The third-order valence-corrected chi connectivity index (χ3v) is 6.44. The summed E-state index contributed by atoms with van der Waals surface area (Å²) in [6, 6.07) is 1.16. The van der Waals surface area contributed by atoms with E-state index in [1.54, 1.807) is 0 Å². The fraction of sp³-hybridized carbons (Fsp3) is 0.941. The van der Waals surface area contributed by atoms with Crippen LogP contribution in [0.3, 0.4) is 0 Å². The van der Waals surface area contributed by atoms with Crippen LogP contribution in [0.15, 0.2) is 0 Å². The first-order valence-electron chi connectivity index (χ1n) is 8.43. The van der Waals surface area contributed by atoms with Gasteiger partial charge in [0.1, 0.15) is 5.78 Å². The lowest BCUT2D eigenvalue weighted by molar-refractivity contribution is -0.753. The van der Waals surface area contributed by atoms with E-state index in [9.17, 15) is 4.79 Å². The second-order valence-electron chi connectivity index (χ2n) is 8.66. The molecule has 114 valence electrons. The van der Waals surface area contributed by atoms with Crippen LogP contribution in [0.25, 0.3) is 0 Å². The zero-order valence-electron chi connectivity index (χ0n) is 13.4. The van der Waals surface area contributed by atoms with E-state index in [1.807, 2.05) is 0 Å². The van der Waals surface area contributed by atoms with Crippen molar-refractivity contribution in [3.05, 3.63) is 0 Å². The fourth-order valence-electron chi connectivity index (χ4n) is 5.50. The first-order chi connectivity index (χ1) is 9.30. The molecule has 0 aromatic heterocycles. The summed E-state index contributed by atoms with van der Waals surface area (Å²) in [7, 11) is 0. The van der Waals surface area contributed by atoms with Gasteiger partial charge in [0.05, 0.1) is 18.0 Å². The van der Waals surface area contributed by atoms with Crippen LogP contribution >= 0.6 is 0 Å². The van der Waals surface area contributed by atoms with Gasteiger partial charge in [-0.2, -0.15) is 0 Å². The van der Waals surface area contributed by atoms with E-state index in [4.69, 9.17) is 5.73 Å². The minimum absolute atomic E-state index is 0.0938. The van der Waals surface area contributed by atoms with E-state index in [-0.39, 0.29) is 17.4 Å². The van der Waals surface area contributed by atoms with E-state index >= 15 is 0 Å². The lowest BCUT2D eigenvalue weighted by atomic mass is 9.57. The molecule has 0 bridgehead atoms. The molecule has 0 amide bonds. The number of fused-ring (bicyclic) bond motifs is 2. The van der Waals surface area contributed by atoms with Gasteiger partial charge in [-0.25, -0.2) is 0 Å². The standard InChI is InChI=1S/C17H30N2O/c1-9-5-6-10(2)16-13(9)15(18)14-11(19-16)7-17(3,4)8-12(14)20/h9-11,13-16,19H,5-8,18H2,1-4H3/p+1. The third kappa shape index (κ3) is 2.23. The second-order valence-corrected chi connectivity index (χ2v) is 8.66. The highest BCUT2D eigenvalue weighted by molar-refractivity contribution is 5.84. The second kappa shape index (κ2) is 4.81. The van der Waals surface area contributed by atoms with Gasteiger partial charge in [0.2, 0.25) is 0 Å². The SMILES string of the molecule is CC1CCC(C)C2C(N)C3C(=O)CC(C)(C)CC3[NH2+]C12. The number of quaternary nitrogens is 1. The molecule has 20 heavy (non-hydrogen) atoms. The first kappa shape index (κ1) is 14.5. The van der Waals surface area contributed by atoms with Gasteiger partial charge in [-0.1, -0.05) is 27.7 Å². The molecular formula is C17H31N2O+. The molecule has 1 saturated heterocycles. The molecular weight excluding hydrogens is 248 g/mol. The summed E-state index contributed by atoms with van der Waals surface area (Å²) in [4.78, 5) is 12.6. The lowest BCUT2D eigenvalue weighted by Gasteiger charge is -2.53. The van der Waals surface area contributed by atoms with Crippen molar-refractivity contribution in [3.8, 4) is 0 Å². The predicted octanol–water partition coefficient (Wildman–Crippen LogP) is 1.32. The molecule has 2 saturated carbocycles. The van der Waals surface area contributed by atoms with Crippen LogP contribution < -0.4 is 11.1 Å². The van der Waals surface area contributed by atoms with E-state index in [1.165, 1.54) is 12.8 Å². The van der Waals surface area contributed by atoms with Crippen LogP contribution in [0.5, 0.6) is 0 Å². The summed E-state index contributed by atoms with van der Waals surface area (Å²) < 4.78 is 0. The van der Waals surface area contributed by atoms with Crippen molar-refractivity contribution < 1.29 is 10.1 Å². The highest BCUT2D eigenvalue weighted by atomic mass is 16.1. The molecule has 2 aliphatic carbocycles. The predicted molar refractivity (Wildman–Crippen MR) is 80.0 cm³/mol. The van der Waals surface area contributed by atoms with Gasteiger partial charge in [-0.05, 0) is 24.2 Å². The van der Waals surface area contributed by atoms with Crippen molar-refractivity contribution >= 4 is 5.78 Å². The Morgan fingerprint density at radius 2 is 1.85 bits per heavy atom. The van der Waals surface area contributed by atoms with Gasteiger partial charge in [0.25, 0.3) is 0 Å². The number of carbonyl (C=O) groups is 1. The normalized spacial score (nSPS) is 51.2. The van der Waals surface area contributed by atoms with Crippen molar-refractivity contribution in [2.24, 2.45) is 34.8 Å². The Balaban J connectivity index is 1.89. The zero-order chi connectivity index (χ0) is 14.7. The molecule has 4 N–H and O–H groups in total. The number of ketones is 1. The molecule has 7 unspecified atom stereocenters. The van der Waals surface area contributed by atoms with Crippen LogP contribution in [0.1, 0.15) is 53.4 Å². The number of nitrogens with two attached hydrogens (primary N) is 2. The molecule has 0 spiro atoms. The molecule has 1 heterocycles. The quantitative estimate of drug-likeness (QED) is 0.702. The summed E-state index contributed by atoms with van der Waals surface area (Å²) >= 11 is 0. The van der Waals surface area contributed by atoms with Crippen molar-refractivity contribution in [1.29, 1.82) is 0 Å². The van der Waals surface area contributed by atoms with Gasteiger partial charge >= 0.3 is 0 Å². The maximum atomic E-state index is 12.6. The van der Waals surface area contributed by atoms with Crippen LogP contribution in [-0.2, 0) is 4.79 Å². The number of hydrogen-bond acceptors (Lipinski definition) is 2. The molecule has 1 aliphatic heterocycles. The topological polar surface area (TPSA) is 59.7 Å². The van der Waals surface area contributed by atoms with Gasteiger partial charge in [-0.3, -0.25) is 4.79 Å². The zero-order valence-corrected chi connectivity index (χ0v) is 13.4. The van der Waals surface area contributed by atoms with Crippen molar-refractivity contribution in [1.82, 2.24) is 0 Å². The smallest absolute Gasteiger partial charge is 0.144 e. The van der Waals surface area contributed by atoms with Gasteiger partial charge < -0.3 is 11.1 Å². The fourth-order valence-corrected chi connectivity index (χ4v) is 5.50. The van der Waals surface area contributed by atoms with Gasteiger partial charge in [-0.15, -0.1) is 0 Å². The minimum Gasteiger partial charge on any atom is -0.340 e. The molecule has 3 aliphatic rings. The Kier molecular flexibility index (Phi) is 3.49. The summed E-state index contributed by atoms with van der Waals surface area (Å²) in [5.74, 6) is 2.48. The van der Waals surface area contributed by atoms with E-state index in [2.05, 4.69) is 33.0 Å². The number of hydrogen-bond donors (Lipinski definition) is 2. The average molecular weight is 279 g/mol. The summed E-state index contributed by atoms with van der Waals surface area (Å²) in [5, 5.41) is 2.55. The van der Waals surface area contributed by atoms with Crippen LogP contribution in [-0.4, -0.2) is 23.9 Å². The van der Waals surface area contributed by atoms with Crippen molar-refractivity contribution in [2.45, 2.75) is 71.5 Å². The molecule has 7 atom stereocenters. The van der Waals surface area contributed by atoms with E-state index in [0.717, 1.165) is 18.8 Å². The largest absolute Gasteiger partial charge is 0.340 e. The van der Waals surface area contributed by atoms with Crippen molar-refractivity contribution in [3.63, 3.8) is 0 Å². The number of rotatable bonds is 0. The van der Waals surface area contributed by atoms with Crippen molar-refractivity contribution in [2.75, 3.05) is 0 Å². The molecule has 3 nitrogen and oxygen atoms in total. The number of piperidine rings is 1. The van der Waals surface area contributed by atoms with Gasteiger partial charge in [0.15, 0.2) is 0 Å². The average Bonchev–Trinajstić information content (AvgIpc) is 2.31. The van der Waals surface area contributed by atoms with E-state index in [0.29, 0.717) is 29.7 Å². The Labute approximate surface area is 123 Å². The highest BCUT2D eigenvalue weighted by Gasteiger charge is 2.56. The Bertz CT molecular complexity index is 404. The molecule has 0 radical (unpaired) electrons. The van der Waals surface area contributed by atoms with Crippen LogP contribution in [0.4, 0.5) is 0 Å². The number of Topliss-reactive ketones (excluding diaryl/α,β-unsaturated/α-hetero) is 1. The highest BCUT2D eigenvalue weighted by Crippen LogP contribution is 2.43. The Morgan fingerprint density at radius 1 is 1.20 bits per heavy atom. The number of carbonyl (C=O) groups excluding carboxylic acids is 1. The van der Waals surface area contributed by atoms with Crippen LogP contribution in [0.2, 0.25) is 0 Å². The molecule has 0 aromatic carbocycles. The molecule has 3 fully saturated rings. The summed E-state index contributed by atoms with van der Waals surface area (Å²) in [6.45, 7) is 9.19. The molecule has 3 rings (SSSR count). The van der Waals surface area contributed by atoms with Crippen LogP contribution in [0, 0.1) is 29.1 Å². The molecule has 3 heteroatoms. The maximum Gasteiger partial charge on any atom is 0.144 e. The Morgan fingerprint density at radius 3 is 2.55 bits per heavy atom. The van der Waals surface area contributed by atoms with E-state index < -0.39 is 0 Å². The lowest BCUT2D eigenvalue weighted by Crippen LogP contribution is -3.04. The maximum absolute atomic E-state index is 12.6. The minimum atomic E-state index is 0.0938. The summed E-state index contributed by atoms with van der Waals surface area (Å²) in [6.07, 6.45) is 4.46. The first-order valence-corrected chi connectivity index (χ1v) is 8.43. The molecule has 0 aromatic rings. The Hall–Kier alpha value is -0.410. The monoisotopic (exact) mass is 279 g/mol. The third-order valence-electron chi connectivity index (χ3n) is 6.44.